The number of aliphatic hydroxyl groups excluding tert-OH is 1. The Kier molecular flexibility index (Phi) is 7.33. The van der Waals surface area contributed by atoms with Gasteiger partial charge < -0.3 is 26.3 Å². The SMILES string of the molecule is N/C=C(/CO)N(N)CCOCCC(N)=O. The Hall–Kier alpha value is -1.31. The van der Waals surface area contributed by atoms with Crippen molar-refractivity contribution in [3.63, 3.8) is 0 Å². The maximum atomic E-state index is 10.3. The van der Waals surface area contributed by atoms with E-state index in [1.54, 1.807) is 0 Å². The highest BCUT2D eigenvalue weighted by atomic mass is 16.5. The molecule has 88 valence electrons. The number of amides is 1. The van der Waals surface area contributed by atoms with E-state index in [9.17, 15) is 4.79 Å². The van der Waals surface area contributed by atoms with Crippen molar-refractivity contribution in [2.75, 3.05) is 26.4 Å². The minimum absolute atomic E-state index is 0.185. The first-order valence-corrected chi connectivity index (χ1v) is 4.51. The molecule has 0 heterocycles. The number of primary amides is 1. The third-order valence-electron chi connectivity index (χ3n) is 1.69. The molecular weight excluding hydrogens is 200 g/mol. The van der Waals surface area contributed by atoms with Crippen molar-refractivity contribution in [2.24, 2.45) is 17.3 Å². The van der Waals surface area contributed by atoms with E-state index >= 15 is 0 Å². The number of nitrogens with two attached hydrogens (primary N) is 3. The van der Waals surface area contributed by atoms with E-state index in [1.165, 1.54) is 11.2 Å². The number of carbonyl (C=O) groups excluding carboxylic acids is 1. The summed E-state index contributed by atoms with van der Waals surface area (Å²) in [4.78, 5) is 10.3. The second-order valence-electron chi connectivity index (χ2n) is 2.84. The first-order chi connectivity index (χ1) is 7.11. The molecule has 0 aliphatic rings. The van der Waals surface area contributed by atoms with Crippen molar-refractivity contribution in [3.8, 4) is 0 Å². The zero-order valence-corrected chi connectivity index (χ0v) is 8.56. The van der Waals surface area contributed by atoms with Crippen LogP contribution in [-0.2, 0) is 9.53 Å². The number of aliphatic hydroxyl groups is 1. The smallest absolute Gasteiger partial charge is 0.219 e. The average molecular weight is 218 g/mol. The zero-order chi connectivity index (χ0) is 11.7. The Bertz CT molecular complexity index is 220. The largest absolute Gasteiger partial charge is 0.403 e. The first kappa shape index (κ1) is 13.7. The normalized spacial score (nSPS) is 11.5. The highest BCUT2D eigenvalue weighted by molar-refractivity contribution is 5.73. The van der Waals surface area contributed by atoms with Crippen molar-refractivity contribution in [1.82, 2.24) is 5.01 Å². The maximum absolute atomic E-state index is 10.3. The molecular formula is C8H18N4O3. The van der Waals surface area contributed by atoms with Gasteiger partial charge in [0.1, 0.15) is 0 Å². The van der Waals surface area contributed by atoms with Crippen molar-refractivity contribution < 1.29 is 14.6 Å². The molecule has 7 heteroatoms. The van der Waals surface area contributed by atoms with Gasteiger partial charge in [-0.15, -0.1) is 0 Å². The summed E-state index contributed by atoms with van der Waals surface area (Å²) in [6, 6.07) is 0. The number of hydrogen-bond acceptors (Lipinski definition) is 6. The van der Waals surface area contributed by atoms with Gasteiger partial charge in [-0.2, -0.15) is 0 Å². The van der Waals surface area contributed by atoms with Crippen molar-refractivity contribution in [3.05, 3.63) is 11.9 Å². The van der Waals surface area contributed by atoms with E-state index < -0.39 is 5.91 Å². The molecule has 0 fully saturated rings. The monoisotopic (exact) mass is 218 g/mol. The molecule has 0 aliphatic heterocycles. The van der Waals surface area contributed by atoms with Crippen LogP contribution in [0.1, 0.15) is 6.42 Å². The molecule has 0 aliphatic carbocycles. The molecule has 0 atom stereocenters. The van der Waals surface area contributed by atoms with E-state index in [2.05, 4.69) is 0 Å². The van der Waals surface area contributed by atoms with Gasteiger partial charge in [0.15, 0.2) is 0 Å². The van der Waals surface area contributed by atoms with E-state index in [0.29, 0.717) is 18.8 Å². The van der Waals surface area contributed by atoms with Crippen LogP contribution in [0.5, 0.6) is 0 Å². The van der Waals surface area contributed by atoms with Crippen LogP contribution in [0.25, 0.3) is 0 Å². The van der Waals surface area contributed by atoms with Crippen LogP contribution in [-0.4, -0.2) is 42.4 Å². The van der Waals surface area contributed by atoms with Gasteiger partial charge in [-0.05, 0) is 0 Å². The second kappa shape index (κ2) is 8.04. The maximum Gasteiger partial charge on any atom is 0.219 e. The molecule has 0 aromatic rings. The predicted molar refractivity (Wildman–Crippen MR) is 54.9 cm³/mol. The second-order valence-corrected chi connectivity index (χ2v) is 2.84. The van der Waals surface area contributed by atoms with Crippen LogP contribution >= 0.6 is 0 Å². The van der Waals surface area contributed by atoms with Gasteiger partial charge >= 0.3 is 0 Å². The van der Waals surface area contributed by atoms with Gasteiger partial charge in [-0.1, -0.05) is 0 Å². The van der Waals surface area contributed by atoms with Gasteiger partial charge in [0, 0.05) is 12.6 Å². The molecule has 7 N–H and O–H groups in total. The number of hydrazine groups is 1. The molecule has 15 heavy (non-hydrogen) atoms. The summed E-state index contributed by atoms with van der Waals surface area (Å²) >= 11 is 0. The standard InChI is InChI=1S/C8H18N4O3/c9-5-7(6-13)12(11)2-4-15-3-1-8(10)14/h5,13H,1-4,6,9,11H2,(H2,10,14)/b7-5-. The Morgan fingerprint density at radius 2 is 2.13 bits per heavy atom. The fraction of sp³-hybridized carbons (Fsp3) is 0.625. The summed E-state index contributed by atoms with van der Waals surface area (Å²) in [7, 11) is 0. The van der Waals surface area contributed by atoms with Crippen molar-refractivity contribution >= 4 is 5.91 Å². The first-order valence-electron chi connectivity index (χ1n) is 4.51. The molecule has 0 aromatic carbocycles. The number of hydrogen-bond donors (Lipinski definition) is 4. The lowest BCUT2D eigenvalue weighted by atomic mass is 10.4. The zero-order valence-electron chi connectivity index (χ0n) is 8.56. The lowest BCUT2D eigenvalue weighted by Crippen LogP contribution is -2.35. The van der Waals surface area contributed by atoms with E-state index in [-0.39, 0.29) is 19.6 Å². The van der Waals surface area contributed by atoms with Gasteiger partial charge in [-0.25, -0.2) is 5.84 Å². The minimum atomic E-state index is -0.405. The number of carbonyl (C=O) groups is 1. The summed E-state index contributed by atoms with van der Waals surface area (Å²) in [5, 5.41) is 10.1. The van der Waals surface area contributed by atoms with Gasteiger partial charge in [-0.3, -0.25) is 4.79 Å². The van der Waals surface area contributed by atoms with Crippen LogP contribution in [0.3, 0.4) is 0 Å². The summed E-state index contributed by atoms with van der Waals surface area (Å²) in [5.74, 6) is 5.13. The van der Waals surface area contributed by atoms with Crippen molar-refractivity contribution in [2.45, 2.75) is 6.42 Å². The molecule has 0 saturated carbocycles. The third kappa shape index (κ3) is 6.72. The summed E-state index contributed by atoms with van der Waals surface area (Å²) in [5.41, 5.74) is 10.5. The van der Waals surface area contributed by atoms with Crippen LogP contribution in [0.15, 0.2) is 11.9 Å². The molecule has 7 nitrogen and oxygen atoms in total. The highest BCUT2D eigenvalue weighted by Gasteiger charge is 2.03. The molecule has 0 aromatic heterocycles. The van der Waals surface area contributed by atoms with Gasteiger partial charge in [0.05, 0.1) is 32.1 Å². The minimum Gasteiger partial charge on any atom is -0.403 e. The van der Waals surface area contributed by atoms with Crippen molar-refractivity contribution in [1.29, 1.82) is 0 Å². The highest BCUT2D eigenvalue weighted by Crippen LogP contribution is 1.94. The molecule has 1 amide bonds. The van der Waals surface area contributed by atoms with E-state index in [4.69, 9.17) is 27.2 Å². The van der Waals surface area contributed by atoms with E-state index in [1.807, 2.05) is 0 Å². The van der Waals surface area contributed by atoms with Crippen LogP contribution in [0.2, 0.25) is 0 Å². The fourth-order valence-electron chi connectivity index (χ4n) is 0.821. The third-order valence-corrected chi connectivity index (χ3v) is 1.69. The predicted octanol–water partition coefficient (Wildman–Crippen LogP) is -2.15. The quantitative estimate of drug-likeness (QED) is 0.209. The van der Waals surface area contributed by atoms with Crippen LogP contribution in [0, 0.1) is 0 Å². The van der Waals surface area contributed by atoms with Gasteiger partial charge in [0.2, 0.25) is 5.91 Å². The number of ether oxygens (including phenoxy) is 1. The molecule has 0 bridgehead atoms. The fourth-order valence-corrected chi connectivity index (χ4v) is 0.821. The summed E-state index contributed by atoms with van der Waals surface area (Å²) in [6.07, 6.45) is 1.41. The van der Waals surface area contributed by atoms with E-state index in [0.717, 1.165) is 0 Å². The lowest BCUT2D eigenvalue weighted by molar-refractivity contribution is -0.119. The average Bonchev–Trinajstić information content (AvgIpc) is 2.18. The lowest BCUT2D eigenvalue weighted by Gasteiger charge is -2.19. The van der Waals surface area contributed by atoms with Crippen LogP contribution in [0.4, 0.5) is 0 Å². The molecule has 0 spiro atoms. The molecule has 0 saturated heterocycles. The van der Waals surface area contributed by atoms with Gasteiger partial charge in [0.25, 0.3) is 0 Å². The molecule has 0 rings (SSSR count). The summed E-state index contributed by atoms with van der Waals surface area (Å²) < 4.78 is 5.08. The van der Waals surface area contributed by atoms with Crippen LogP contribution < -0.4 is 17.3 Å². The molecule has 0 unspecified atom stereocenters. The Morgan fingerprint density at radius 3 is 2.60 bits per heavy atom. The Balaban J connectivity index is 3.54. The number of nitrogens with zero attached hydrogens (tertiary/aromatic N) is 1. The topological polar surface area (TPSA) is 128 Å². The Morgan fingerprint density at radius 1 is 1.47 bits per heavy atom. The summed E-state index contributed by atoms with van der Waals surface area (Å²) in [6.45, 7) is 0.752. The molecule has 0 radical (unpaired) electrons. The number of rotatable bonds is 8. The Labute approximate surface area is 88.4 Å².